The van der Waals surface area contributed by atoms with Gasteiger partial charge in [0.1, 0.15) is 0 Å². The summed E-state index contributed by atoms with van der Waals surface area (Å²) in [7, 11) is 3.64. The van der Waals surface area contributed by atoms with Crippen LogP contribution in [0.25, 0.3) is 0 Å². The molecule has 3 nitrogen and oxygen atoms in total. The fourth-order valence-corrected chi connectivity index (χ4v) is 3.08. The molecule has 2 rings (SSSR count). The third kappa shape index (κ3) is 3.89. The van der Waals surface area contributed by atoms with E-state index in [0.717, 1.165) is 23.9 Å². The summed E-state index contributed by atoms with van der Waals surface area (Å²) in [6, 6.07) is 0.690. The maximum atomic E-state index is 4.30. The normalized spacial score (nSPS) is 30.9. The molecule has 1 saturated carbocycles. The number of nitrogens with one attached hydrogen (secondary N) is 1. The smallest absolute Gasteiger partial charge is 0.0825 e. The third-order valence-electron chi connectivity index (χ3n) is 4.54. The topological polar surface area (TPSA) is 36.8 Å². The van der Waals surface area contributed by atoms with Crippen LogP contribution in [0.1, 0.15) is 39.0 Å². The summed E-state index contributed by atoms with van der Waals surface area (Å²) in [6.45, 7) is 3.25. The number of nitrogens with zero attached hydrogens (tertiary/aromatic N) is 2. The lowest BCUT2D eigenvalue weighted by atomic mass is 9.84. The zero-order valence-electron chi connectivity index (χ0n) is 13.0. The summed E-state index contributed by atoms with van der Waals surface area (Å²) in [4.78, 5) is 8.53. The Balaban J connectivity index is 1.83. The Labute approximate surface area is 123 Å². The van der Waals surface area contributed by atoms with E-state index in [1.807, 2.05) is 14.1 Å². The quantitative estimate of drug-likeness (QED) is 0.785. The molecule has 0 aromatic rings. The van der Waals surface area contributed by atoms with Gasteiger partial charge in [-0.3, -0.25) is 9.98 Å². The van der Waals surface area contributed by atoms with Crippen LogP contribution in [0.4, 0.5) is 0 Å². The van der Waals surface area contributed by atoms with E-state index in [-0.39, 0.29) is 0 Å². The van der Waals surface area contributed by atoms with Gasteiger partial charge in [-0.15, -0.1) is 0 Å². The Morgan fingerprint density at radius 3 is 2.35 bits per heavy atom. The van der Waals surface area contributed by atoms with Crippen molar-refractivity contribution in [3.63, 3.8) is 0 Å². The standard InChI is InChI=1S/C17H27N3/c1-4-13-5-8-15(9-6-13)20-12-14-7-10-16(18-2)17(11-14)19-3/h7,10-11,13,15,20H,4-6,8-9,12H2,1-3H3. The SMILES string of the molecule is CCC1CCC(NCC2=CC(=NC)C(=NC)C=C2)CC1. The molecule has 0 atom stereocenters. The lowest BCUT2D eigenvalue weighted by Gasteiger charge is -2.28. The molecule has 0 radical (unpaired) electrons. The van der Waals surface area contributed by atoms with Crippen molar-refractivity contribution < 1.29 is 0 Å². The number of hydrogen-bond acceptors (Lipinski definition) is 3. The summed E-state index contributed by atoms with van der Waals surface area (Å²) < 4.78 is 0. The van der Waals surface area contributed by atoms with E-state index in [1.54, 1.807) is 0 Å². The van der Waals surface area contributed by atoms with Crippen LogP contribution >= 0.6 is 0 Å². The molecule has 0 saturated heterocycles. The molecular formula is C17H27N3. The minimum Gasteiger partial charge on any atom is -0.310 e. The van der Waals surface area contributed by atoms with Gasteiger partial charge in [0, 0.05) is 26.7 Å². The fraction of sp³-hybridized carbons (Fsp3) is 0.647. The van der Waals surface area contributed by atoms with Crippen molar-refractivity contribution in [2.24, 2.45) is 15.9 Å². The molecule has 0 aromatic carbocycles. The van der Waals surface area contributed by atoms with Crippen molar-refractivity contribution in [1.82, 2.24) is 5.32 Å². The van der Waals surface area contributed by atoms with Gasteiger partial charge >= 0.3 is 0 Å². The molecule has 2 aliphatic rings. The monoisotopic (exact) mass is 273 g/mol. The summed E-state index contributed by atoms with van der Waals surface area (Å²) in [6.07, 6.45) is 13.1. The highest BCUT2D eigenvalue weighted by molar-refractivity contribution is 6.51. The van der Waals surface area contributed by atoms with E-state index in [9.17, 15) is 0 Å². The second-order valence-corrected chi connectivity index (χ2v) is 5.78. The predicted octanol–water partition coefficient (Wildman–Crippen LogP) is 3.18. The number of rotatable bonds is 4. The van der Waals surface area contributed by atoms with E-state index >= 15 is 0 Å². The first kappa shape index (κ1) is 15.2. The van der Waals surface area contributed by atoms with Crippen LogP contribution in [0.3, 0.4) is 0 Å². The first-order chi connectivity index (χ1) is 9.76. The molecule has 1 fully saturated rings. The molecule has 1 N–H and O–H groups in total. The molecule has 3 heteroatoms. The van der Waals surface area contributed by atoms with Crippen LogP contribution in [0, 0.1) is 5.92 Å². The zero-order valence-corrected chi connectivity index (χ0v) is 13.0. The van der Waals surface area contributed by atoms with Gasteiger partial charge in [-0.25, -0.2) is 0 Å². The van der Waals surface area contributed by atoms with Crippen LogP contribution in [0.15, 0.2) is 33.8 Å². The van der Waals surface area contributed by atoms with Crippen molar-refractivity contribution >= 4 is 11.4 Å². The summed E-state index contributed by atoms with van der Waals surface area (Å²) in [5.74, 6) is 0.962. The number of hydrogen-bond donors (Lipinski definition) is 1. The van der Waals surface area contributed by atoms with Crippen LogP contribution in [-0.2, 0) is 0 Å². The predicted molar refractivity (Wildman–Crippen MR) is 88.0 cm³/mol. The summed E-state index contributed by atoms with van der Waals surface area (Å²) in [5.41, 5.74) is 3.26. The molecule has 20 heavy (non-hydrogen) atoms. The van der Waals surface area contributed by atoms with Crippen molar-refractivity contribution in [3.8, 4) is 0 Å². The highest BCUT2D eigenvalue weighted by Crippen LogP contribution is 2.26. The van der Waals surface area contributed by atoms with E-state index in [4.69, 9.17) is 0 Å². The molecule has 2 aliphatic carbocycles. The average Bonchev–Trinajstić information content (AvgIpc) is 2.53. The van der Waals surface area contributed by atoms with Crippen molar-refractivity contribution in [2.75, 3.05) is 20.6 Å². The molecular weight excluding hydrogens is 246 g/mol. The third-order valence-corrected chi connectivity index (χ3v) is 4.54. The lowest BCUT2D eigenvalue weighted by molar-refractivity contribution is 0.290. The number of aliphatic imine (C=N–C) groups is 2. The Kier molecular flexibility index (Phi) is 5.72. The second kappa shape index (κ2) is 7.53. The van der Waals surface area contributed by atoms with E-state index in [2.05, 4.69) is 40.5 Å². The maximum Gasteiger partial charge on any atom is 0.0825 e. The Hall–Kier alpha value is -1.22. The van der Waals surface area contributed by atoms with Crippen molar-refractivity contribution in [1.29, 1.82) is 0 Å². The van der Waals surface area contributed by atoms with Gasteiger partial charge in [0.05, 0.1) is 11.4 Å². The van der Waals surface area contributed by atoms with Crippen molar-refractivity contribution in [3.05, 3.63) is 23.8 Å². The van der Waals surface area contributed by atoms with E-state index in [0.29, 0.717) is 6.04 Å². The van der Waals surface area contributed by atoms with E-state index < -0.39 is 0 Å². The fourth-order valence-electron chi connectivity index (χ4n) is 3.08. The first-order valence-electron chi connectivity index (χ1n) is 7.82. The van der Waals surface area contributed by atoms with Gasteiger partial charge < -0.3 is 5.32 Å². The highest BCUT2D eigenvalue weighted by Gasteiger charge is 2.19. The molecule has 0 aliphatic heterocycles. The van der Waals surface area contributed by atoms with Gasteiger partial charge in [0.25, 0.3) is 0 Å². The Morgan fingerprint density at radius 2 is 1.75 bits per heavy atom. The lowest BCUT2D eigenvalue weighted by Crippen LogP contribution is -2.34. The molecule has 0 amide bonds. The Morgan fingerprint density at radius 1 is 1.05 bits per heavy atom. The Bertz CT molecular complexity index is 435. The van der Waals surface area contributed by atoms with Crippen LogP contribution < -0.4 is 5.32 Å². The first-order valence-corrected chi connectivity index (χ1v) is 7.82. The van der Waals surface area contributed by atoms with Gasteiger partial charge in [0.15, 0.2) is 0 Å². The molecule has 0 aromatic heterocycles. The largest absolute Gasteiger partial charge is 0.310 e. The van der Waals surface area contributed by atoms with Gasteiger partial charge in [-0.05, 0) is 49.3 Å². The second-order valence-electron chi connectivity index (χ2n) is 5.78. The summed E-state index contributed by atoms with van der Waals surface area (Å²) >= 11 is 0. The number of allylic oxidation sites excluding steroid dienone is 2. The van der Waals surface area contributed by atoms with Gasteiger partial charge in [-0.2, -0.15) is 0 Å². The highest BCUT2D eigenvalue weighted by atomic mass is 14.9. The van der Waals surface area contributed by atoms with Crippen LogP contribution in [0.2, 0.25) is 0 Å². The van der Waals surface area contributed by atoms with Gasteiger partial charge in [0.2, 0.25) is 0 Å². The summed E-state index contributed by atoms with van der Waals surface area (Å²) in [5, 5.41) is 3.70. The molecule has 110 valence electrons. The van der Waals surface area contributed by atoms with Crippen molar-refractivity contribution in [2.45, 2.75) is 45.1 Å². The van der Waals surface area contributed by atoms with Gasteiger partial charge in [-0.1, -0.05) is 19.4 Å². The molecule has 0 bridgehead atoms. The van der Waals surface area contributed by atoms with Crippen LogP contribution in [-0.4, -0.2) is 38.1 Å². The minimum atomic E-state index is 0.690. The maximum absolute atomic E-state index is 4.30. The molecule has 0 unspecified atom stereocenters. The molecule has 0 spiro atoms. The minimum absolute atomic E-state index is 0.690. The zero-order chi connectivity index (χ0) is 14.4. The van der Waals surface area contributed by atoms with Crippen LogP contribution in [0.5, 0.6) is 0 Å². The molecule has 0 heterocycles. The van der Waals surface area contributed by atoms with E-state index in [1.165, 1.54) is 37.7 Å². The average molecular weight is 273 g/mol.